The molecule has 1 atom stereocenters. The molecule has 0 radical (unpaired) electrons. The summed E-state index contributed by atoms with van der Waals surface area (Å²) in [5.41, 5.74) is 2.20. The van der Waals surface area contributed by atoms with Crippen molar-refractivity contribution in [2.24, 2.45) is 0 Å². The van der Waals surface area contributed by atoms with Crippen molar-refractivity contribution in [3.63, 3.8) is 0 Å². The smallest absolute Gasteiger partial charge is 0.224 e. The lowest BCUT2D eigenvalue weighted by Crippen LogP contribution is -2.51. The van der Waals surface area contributed by atoms with Crippen molar-refractivity contribution < 1.29 is 0 Å². The molecule has 7 heteroatoms. The largest absolute Gasteiger partial charge is 0.353 e. The third kappa shape index (κ3) is 2.70. The zero-order valence-corrected chi connectivity index (χ0v) is 11.9. The van der Waals surface area contributed by atoms with Gasteiger partial charge >= 0.3 is 0 Å². The first-order chi connectivity index (χ1) is 9.78. The molecule has 1 aromatic heterocycles. The third-order valence-corrected chi connectivity index (χ3v) is 3.95. The van der Waals surface area contributed by atoms with E-state index < -0.39 is 0 Å². The maximum Gasteiger partial charge on any atom is 0.224 e. The summed E-state index contributed by atoms with van der Waals surface area (Å²) in [6.45, 7) is 4.23. The molecule has 2 aliphatic heterocycles. The summed E-state index contributed by atoms with van der Waals surface area (Å²) < 4.78 is 0. The lowest BCUT2D eigenvalue weighted by Gasteiger charge is -2.35. The second-order valence-corrected chi connectivity index (χ2v) is 5.47. The van der Waals surface area contributed by atoms with Crippen LogP contribution in [0.5, 0.6) is 0 Å². The number of nitrogens with zero attached hydrogens (tertiary/aromatic N) is 4. The SMILES string of the molecule is N#CC[C@H]1CN(c2nc(Cl)nc3c2CCNC3)CCN1. The fourth-order valence-corrected chi connectivity index (χ4v) is 3.02. The first-order valence-corrected chi connectivity index (χ1v) is 7.27. The summed E-state index contributed by atoms with van der Waals surface area (Å²) in [6, 6.07) is 2.42. The number of fused-ring (bicyclic) bond motifs is 1. The number of hydrogen-bond donors (Lipinski definition) is 2. The Bertz CT molecular complexity index is 540. The van der Waals surface area contributed by atoms with Gasteiger partial charge < -0.3 is 15.5 Å². The van der Waals surface area contributed by atoms with Gasteiger partial charge in [-0.05, 0) is 24.6 Å². The Morgan fingerprint density at radius 1 is 1.40 bits per heavy atom. The molecule has 3 rings (SSSR count). The van der Waals surface area contributed by atoms with E-state index in [1.807, 2.05) is 0 Å². The number of rotatable bonds is 2. The molecule has 6 nitrogen and oxygen atoms in total. The molecule has 0 amide bonds. The molecule has 3 heterocycles. The van der Waals surface area contributed by atoms with Gasteiger partial charge in [0.15, 0.2) is 0 Å². The monoisotopic (exact) mass is 292 g/mol. The standard InChI is InChI=1S/C13H17ClN6/c14-13-18-11-7-16-4-2-10(11)12(19-13)20-6-5-17-9(8-20)1-3-15/h9,16-17H,1-2,4-8H2/t9-/m0/s1. The normalized spacial score (nSPS) is 22.2. The van der Waals surface area contributed by atoms with Crippen LogP contribution in [-0.4, -0.2) is 42.2 Å². The highest BCUT2D eigenvalue weighted by molar-refractivity contribution is 6.28. The minimum absolute atomic E-state index is 0.194. The van der Waals surface area contributed by atoms with E-state index in [2.05, 4.69) is 31.6 Å². The van der Waals surface area contributed by atoms with Crippen LogP contribution in [0.4, 0.5) is 5.82 Å². The number of halogens is 1. The number of aromatic nitrogens is 2. The predicted octanol–water partition coefficient (Wildman–Crippen LogP) is 0.468. The van der Waals surface area contributed by atoms with Gasteiger partial charge in [-0.15, -0.1) is 0 Å². The summed E-state index contributed by atoms with van der Waals surface area (Å²) in [5, 5.41) is 15.8. The fourth-order valence-electron chi connectivity index (χ4n) is 2.84. The van der Waals surface area contributed by atoms with Gasteiger partial charge in [0.1, 0.15) is 5.82 Å². The maximum atomic E-state index is 8.85. The molecule has 106 valence electrons. The van der Waals surface area contributed by atoms with Crippen molar-refractivity contribution in [3.8, 4) is 6.07 Å². The predicted molar refractivity (Wildman–Crippen MR) is 76.7 cm³/mol. The quantitative estimate of drug-likeness (QED) is 0.772. The molecule has 0 unspecified atom stereocenters. The first kappa shape index (κ1) is 13.6. The minimum Gasteiger partial charge on any atom is -0.353 e. The van der Waals surface area contributed by atoms with E-state index >= 15 is 0 Å². The van der Waals surface area contributed by atoms with E-state index in [1.54, 1.807) is 0 Å². The molecule has 0 aromatic carbocycles. The first-order valence-electron chi connectivity index (χ1n) is 6.89. The van der Waals surface area contributed by atoms with Gasteiger partial charge in [-0.25, -0.2) is 9.97 Å². The Balaban J connectivity index is 1.89. The second-order valence-electron chi connectivity index (χ2n) is 5.13. The zero-order chi connectivity index (χ0) is 13.9. The molecule has 2 aliphatic rings. The van der Waals surface area contributed by atoms with Crippen LogP contribution in [0.3, 0.4) is 0 Å². The molecule has 0 spiro atoms. The average Bonchev–Trinajstić information content (AvgIpc) is 2.47. The van der Waals surface area contributed by atoms with E-state index in [0.29, 0.717) is 11.7 Å². The van der Waals surface area contributed by atoms with Gasteiger partial charge in [-0.1, -0.05) is 0 Å². The number of piperazine rings is 1. The van der Waals surface area contributed by atoms with Crippen molar-refractivity contribution in [2.45, 2.75) is 25.4 Å². The molecule has 20 heavy (non-hydrogen) atoms. The Morgan fingerprint density at radius 3 is 3.15 bits per heavy atom. The summed E-state index contributed by atoms with van der Waals surface area (Å²) in [4.78, 5) is 11.0. The highest BCUT2D eigenvalue weighted by Gasteiger charge is 2.25. The van der Waals surface area contributed by atoms with Crippen molar-refractivity contribution >= 4 is 17.4 Å². The Kier molecular flexibility index (Phi) is 4.01. The molecule has 1 saturated heterocycles. The highest BCUT2D eigenvalue weighted by Crippen LogP contribution is 2.26. The second kappa shape index (κ2) is 5.92. The zero-order valence-electron chi connectivity index (χ0n) is 11.2. The van der Waals surface area contributed by atoms with Crippen LogP contribution in [0.15, 0.2) is 0 Å². The van der Waals surface area contributed by atoms with Gasteiger partial charge in [0.2, 0.25) is 5.28 Å². The van der Waals surface area contributed by atoms with Gasteiger partial charge in [0.05, 0.1) is 18.2 Å². The summed E-state index contributed by atoms with van der Waals surface area (Å²) >= 11 is 6.05. The number of hydrogen-bond acceptors (Lipinski definition) is 6. The van der Waals surface area contributed by atoms with Crippen molar-refractivity contribution in [1.29, 1.82) is 5.26 Å². The van der Waals surface area contributed by atoms with Crippen LogP contribution in [0.1, 0.15) is 17.7 Å². The van der Waals surface area contributed by atoms with E-state index in [4.69, 9.17) is 16.9 Å². The third-order valence-electron chi connectivity index (χ3n) is 3.78. The molecule has 0 saturated carbocycles. The molecule has 1 fully saturated rings. The number of nitriles is 1. The van der Waals surface area contributed by atoms with Crippen LogP contribution in [0.25, 0.3) is 0 Å². The molecular formula is C13H17ClN6. The van der Waals surface area contributed by atoms with Gasteiger partial charge in [-0.3, -0.25) is 0 Å². The van der Waals surface area contributed by atoms with Gasteiger partial charge in [0.25, 0.3) is 0 Å². The fraction of sp³-hybridized carbons (Fsp3) is 0.615. The molecule has 2 N–H and O–H groups in total. The Labute approximate surface area is 123 Å². The van der Waals surface area contributed by atoms with E-state index in [0.717, 1.165) is 50.7 Å². The lowest BCUT2D eigenvalue weighted by atomic mass is 10.1. The van der Waals surface area contributed by atoms with Crippen LogP contribution >= 0.6 is 11.6 Å². The van der Waals surface area contributed by atoms with Crippen molar-refractivity contribution in [2.75, 3.05) is 31.1 Å². The molecule has 0 aliphatic carbocycles. The topological polar surface area (TPSA) is 76.9 Å². The van der Waals surface area contributed by atoms with Crippen molar-refractivity contribution in [1.82, 2.24) is 20.6 Å². The van der Waals surface area contributed by atoms with E-state index in [1.165, 1.54) is 5.56 Å². The van der Waals surface area contributed by atoms with Gasteiger partial charge in [0, 0.05) is 37.8 Å². The summed E-state index contributed by atoms with van der Waals surface area (Å²) in [7, 11) is 0. The molecular weight excluding hydrogens is 276 g/mol. The minimum atomic E-state index is 0.194. The van der Waals surface area contributed by atoms with Gasteiger partial charge in [-0.2, -0.15) is 5.26 Å². The van der Waals surface area contributed by atoms with Crippen LogP contribution in [0.2, 0.25) is 5.28 Å². The molecule has 0 bridgehead atoms. The Morgan fingerprint density at radius 2 is 2.30 bits per heavy atom. The lowest BCUT2D eigenvalue weighted by molar-refractivity contribution is 0.458. The number of anilines is 1. The Hall–Kier alpha value is -1.42. The molecule has 1 aromatic rings. The summed E-state index contributed by atoms with van der Waals surface area (Å²) in [5.74, 6) is 0.950. The summed E-state index contributed by atoms with van der Waals surface area (Å²) in [6.07, 6.45) is 1.44. The van der Waals surface area contributed by atoms with Crippen LogP contribution in [0, 0.1) is 11.3 Å². The van der Waals surface area contributed by atoms with Crippen LogP contribution in [-0.2, 0) is 13.0 Å². The van der Waals surface area contributed by atoms with E-state index in [9.17, 15) is 0 Å². The maximum absolute atomic E-state index is 8.85. The number of nitrogens with one attached hydrogen (secondary N) is 2. The van der Waals surface area contributed by atoms with E-state index in [-0.39, 0.29) is 6.04 Å². The van der Waals surface area contributed by atoms with Crippen LogP contribution < -0.4 is 15.5 Å². The highest BCUT2D eigenvalue weighted by atomic mass is 35.5. The average molecular weight is 293 g/mol. The van der Waals surface area contributed by atoms with Crippen molar-refractivity contribution in [3.05, 3.63) is 16.5 Å².